The number of halogens is 1. The van der Waals surface area contributed by atoms with Crippen LogP contribution < -0.4 is 25.1 Å². The molecule has 0 radical (unpaired) electrons. The molecule has 46 heavy (non-hydrogen) atoms. The van der Waals surface area contributed by atoms with Crippen molar-refractivity contribution < 1.29 is 23.4 Å². The first-order valence-electron chi connectivity index (χ1n) is 15.0. The highest BCUT2D eigenvalue weighted by Gasteiger charge is 2.21. The Bertz CT molecular complexity index is 2110. The van der Waals surface area contributed by atoms with E-state index in [4.69, 9.17) is 14.2 Å². The quantitative estimate of drug-likeness (QED) is 0.173. The summed E-state index contributed by atoms with van der Waals surface area (Å²) in [6.07, 6.45) is 3.34. The van der Waals surface area contributed by atoms with Crippen molar-refractivity contribution >= 4 is 33.2 Å². The van der Waals surface area contributed by atoms with Gasteiger partial charge in [-0.1, -0.05) is 36.8 Å². The van der Waals surface area contributed by atoms with Gasteiger partial charge in [-0.15, -0.1) is 0 Å². The molecule has 6 aromatic rings. The molecule has 0 aliphatic carbocycles. The summed E-state index contributed by atoms with van der Waals surface area (Å²) in [7, 11) is 4.59. The predicted molar refractivity (Wildman–Crippen MR) is 174 cm³/mol. The molecule has 1 unspecified atom stereocenters. The second-order valence-corrected chi connectivity index (χ2v) is 11.0. The third-order valence-electron chi connectivity index (χ3n) is 8.16. The number of para-hydroxylation sites is 1. The fourth-order valence-electron chi connectivity index (χ4n) is 5.79. The number of hydrogen-bond acceptors (Lipinski definition) is 8. The van der Waals surface area contributed by atoms with Gasteiger partial charge in [0.25, 0.3) is 0 Å². The molecule has 3 aromatic carbocycles. The van der Waals surface area contributed by atoms with Crippen LogP contribution in [0, 0.1) is 12.7 Å². The number of methoxy groups -OCH3 is 3. The first-order chi connectivity index (χ1) is 22.3. The fourth-order valence-corrected chi connectivity index (χ4v) is 5.79. The van der Waals surface area contributed by atoms with Crippen LogP contribution in [0.2, 0.25) is 0 Å². The average molecular weight is 624 g/mol. The molecule has 0 saturated carbocycles. The van der Waals surface area contributed by atoms with Crippen molar-refractivity contribution in [2.24, 2.45) is 0 Å². The predicted octanol–water partition coefficient (Wildman–Crippen LogP) is 5.93. The summed E-state index contributed by atoms with van der Waals surface area (Å²) in [6, 6.07) is 20.8. The van der Waals surface area contributed by atoms with Crippen LogP contribution in [-0.4, -0.2) is 53.2 Å². The smallest absolute Gasteiger partial charge is 0.308 e. The van der Waals surface area contributed by atoms with E-state index in [1.165, 1.54) is 39.2 Å². The van der Waals surface area contributed by atoms with E-state index >= 15 is 0 Å². The van der Waals surface area contributed by atoms with Crippen molar-refractivity contribution in [2.75, 3.05) is 27.9 Å². The van der Waals surface area contributed by atoms with Crippen LogP contribution in [0.25, 0.3) is 27.5 Å². The Hall–Kier alpha value is -5.29. The summed E-state index contributed by atoms with van der Waals surface area (Å²) < 4.78 is 30.8. The minimum absolute atomic E-state index is 0.137. The van der Waals surface area contributed by atoms with Gasteiger partial charge in [0.1, 0.15) is 0 Å². The van der Waals surface area contributed by atoms with Crippen LogP contribution in [0.4, 0.5) is 4.39 Å². The van der Waals surface area contributed by atoms with Crippen LogP contribution in [0.15, 0.2) is 71.5 Å². The van der Waals surface area contributed by atoms with Crippen molar-refractivity contribution in [1.29, 1.82) is 0 Å². The van der Waals surface area contributed by atoms with Crippen LogP contribution in [0.5, 0.6) is 17.2 Å². The van der Waals surface area contributed by atoms with Gasteiger partial charge in [0.2, 0.25) is 11.6 Å². The van der Waals surface area contributed by atoms with Crippen molar-refractivity contribution in [3.05, 3.63) is 105 Å². The van der Waals surface area contributed by atoms with Gasteiger partial charge >= 0.3 is 5.56 Å². The van der Waals surface area contributed by atoms with Gasteiger partial charge in [-0.3, -0.25) is 14.7 Å². The number of carbonyl (C=O) groups excluding carboxylic acids is 1. The molecule has 1 atom stereocenters. The highest BCUT2D eigenvalue weighted by atomic mass is 19.1. The lowest BCUT2D eigenvalue weighted by molar-refractivity contribution is 0.103. The van der Waals surface area contributed by atoms with Crippen LogP contribution in [0.1, 0.15) is 52.6 Å². The number of fused-ring (bicyclic) bond motifs is 3. The van der Waals surface area contributed by atoms with Gasteiger partial charge in [0.15, 0.2) is 22.9 Å². The maximum atomic E-state index is 13.5. The SMILES string of the molecule is COc1cc(C(=O)c2cccc3nc4ccccc4cc23)cc(OC)c1OC.Cc1nc2cc(C3CCCCN3)[nH]n2c(=O)c1F. The van der Waals surface area contributed by atoms with E-state index < -0.39 is 11.4 Å². The summed E-state index contributed by atoms with van der Waals surface area (Å²) in [6.45, 7) is 2.47. The third kappa shape index (κ3) is 5.77. The Balaban J connectivity index is 0.000000178. The number of nitrogens with zero attached hydrogens (tertiary/aromatic N) is 3. The zero-order valence-corrected chi connectivity index (χ0v) is 26.0. The van der Waals surface area contributed by atoms with Crippen LogP contribution >= 0.6 is 0 Å². The molecule has 11 heteroatoms. The monoisotopic (exact) mass is 623 g/mol. The van der Waals surface area contributed by atoms with Gasteiger partial charge in [-0.25, -0.2) is 9.97 Å². The largest absolute Gasteiger partial charge is 0.493 e. The van der Waals surface area contributed by atoms with Crippen LogP contribution in [0.3, 0.4) is 0 Å². The summed E-state index contributed by atoms with van der Waals surface area (Å²) in [5, 5.41) is 8.11. The lowest BCUT2D eigenvalue weighted by Gasteiger charge is -2.21. The molecule has 1 fully saturated rings. The molecule has 0 spiro atoms. The van der Waals surface area contributed by atoms with E-state index in [9.17, 15) is 14.0 Å². The van der Waals surface area contributed by atoms with Gasteiger partial charge in [0.05, 0.1) is 43.8 Å². The molecule has 10 nitrogen and oxygen atoms in total. The molecule has 0 bridgehead atoms. The first-order valence-corrected chi connectivity index (χ1v) is 15.0. The number of aromatic amines is 1. The van der Waals surface area contributed by atoms with Crippen molar-refractivity contribution in [2.45, 2.75) is 32.2 Å². The van der Waals surface area contributed by atoms with Crippen molar-refractivity contribution in [1.82, 2.24) is 24.9 Å². The maximum Gasteiger partial charge on any atom is 0.308 e. The lowest BCUT2D eigenvalue weighted by Crippen LogP contribution is -2.27. The summed E-state index contributed by atoms with van der Waals surface area (Å²) in [4.78, 5) is 33.9. The minimum Gasteiger partial charge on any atom is -0.493 e. The Kier molecular flexibility index (Phi) is 8.67. The molecular weight excluding hydrogens is 589 g/mol. The molecule has 0 amide bonds. The molecule has 1 aliphatic rings. The van der Waals surface area contributed by atoms with E-state index in [1.54, 1.807) is 12.1 Å². The standard InChI is InChI=1S/C23H19NO4.C12H15FN4O/c1-26-20-12-15(13-21(27-2)23(20)28-3)22(25)16-8-6-10-19-17(16)11-14-7-4-5-9-18(14)24-19;1-7-11(13)12(18)17-10(15-7)6-9(16-17)8-4-2-3-5-14-8/h4-13H,1-3H3;6,8,14,16H,2-5H2,1H3. The first kappa shape index (κ1) is 30.7. The molecule has 7 rings (SSSR count). The Labute approximate surface area is 264 Å². The highest BCUT2D eigenvalue weighted by molar-refractivity contribution is 6.17. The van der Waals surface area contributed by atoms with Gasteiger partial charge in [-0.05, 0) is 56.6 Å². The molecule has 2 N–H and O–H groups in total. The van der Waals surface area contributed by atoms with Crippen molar-refractivity contribution in [3.8, 4) is 17.2 Å². The molecule has 3 aromatic heterocycles. The van der Waals surface area contributed by atoms with Crippen molar-refractivity contribution in [3.63, 3.8) is 0 Å². The topological polar surface area (TPSA) is 120 Å². The summed E-state index contributed by atoms with van der Waals surface area (Å²) in [5.74, 6) is 0.398. The Morgan fingerprint density at radius 2 is 1.65 bits per heavy atom. The zero-order valence-electron chi connectivity index (χ0n) is 26.0. The number of ketones is 1. The number of hydrogen-bond donors (Lipinski definition) is 2. The highest BCUT2D eigenvalue weighted by Crippen LogP contribution is 2.39. The number of carbonyl (C=O) groups is 1. The van der Waals surface area contributed by atoms with Gasteiger partial charge in [-0.2, -0.15) is 8.91 Å². The number of piperidine rings is 1. The summed E-state index contributed by atoms with van der Waals surface area (Å²) in [5.41, 5.74) is 3.54. The molecule has 1 aliphatic heterocycles. The van der Waals surface area contributed by atoms with Gasteiger partial charge in [0, 0.05) is 34.0 Å². The zero-order chi connectivity index (χ0) is 32.4. The Morgan fingerprint density at radius 1 is 0.913 bits per heavy atom. The maximum absolute atomic E-state index is 13.5. The number of H-pyrrole nitrogens is 1. The van der Waals surface area contributed by atoms with E-state index in [-0.39, 0.29) is 17.5 Å². The van der Waals surface area contributed by atoms with E-state index in [0.717, 1.165) is 46.9 Å². The number of ether oxygens (including phenoxy) is 3. The number of aryl methyl sites for hydroxylation is 1. The van der Waals surface area contributed by atoms with Crippen LogP contribution in [-0.2, 0) is 0 Å². The molecular formula is C35H34FN5O5. The Morgan fingerprint density at radius 3 is 2.35 bits per heavy atom. The average Bonchev–Trinajstić information content (AvgIpc) is 3.53. The second-order valence-electron chi connectivity index (χ2n) is 11.0. The number of rotatable bonds is 6. The lowest BCUT2D eigenvalue weighted by atomic mass is 9.97. The molecule has 4 heterocycles. The van der Waals surface area contributed by atoms with E-state index in [0.29, 0.717) is 34.0 Å². The second kappa shape index (κ2) is 13.0. The third-order valence-corrected chi connectivity index (χ3v) is 8.16. The normalized spacial score (nSPS) is 14.6. The molecule has 1 saturated heterocycles. The summed E-state index contributed by atoms with van der Waals surface area (Å²) >= 11 is 0. The molecule has 236 valence electrons. The number of benzene rings is 3. The number of aromatic nitrogens is 4. The fraction of sp³-hybridized carbons (Fsp3) is 0.257. The number of pyridine rings is 1. The minimum atomic E-state index is -0.794. The van der Waals surface area contributed by atoms with E-state index in [1.807, 2.05) is 54.6 Å². The van der Waals surface area contributed by atoms with E-state index in [2.05, 4.69) is 20.4 Å². The van der Waals surface area contributed by atoms with Gasteiger partial charge < -0.3 is 19.5 Å². The number of nitrogens with one attached hydrogen (secondary N) is 2.